The molecule has 1 aliphatic rings. The molecule has 9 nitrogen and oxygen atoms in total. The van der Waals surface area contributed by atoms with Crippen molar-refractivity contribution in [2.75, 3.05) is 0 Å². The second kappa shape index (κ2) is 10.5. The van der Waals surface area contributed by atoms with Crippen LogP contribution in [0.4, 0.5) is 13.2 Å². The normalized spacial score (nSPS) is 16.4. The SMILES string of the molecule is CC(C)(C)C(NC(=O)C(F)(F)F)C(=O)NC(CC1CC1)C(=O)NC(C#N)c1cncc2cnccc12. The first kappa shape index (κ1) is 26.8. The molecule has 0 bridgehead atoms. The lowest BCUT2D eigenvalue weighted by atomic mass is 9.85. The molecule has 3 amide bonds. The van der Waals surface area contributed by atoms with Gasteiger partial charge in [-0.1, -0.05) is 33.6 Å². The molecule has 3 atom stereocenters. The number of aromatic nitrogens is 2. The van der Waals surface area contributed by atoms with E-state index in [0.717, 1.165) is 12.8 Å². The second-order valence-corrected chi connectivity index (χ2v) is 9.91. The van der Waals surface area contributed by atoms with Gasteiger partial charge >= 0.3 is 12.1 Å². The van der Waals surface area contributed by atoms with Crippen LogP contribution in [0.3, 0.4) is 0 Å². The third-order valence-electron chi connectivity index (χ3n) is 5.88. The van der Waals surface area contributed by atoms with Crippen LogP contribution >= 0.6 is 0 Å². The number of amides is 3. The number of nitrogens with zero attached hydrogens (tertiary/aromatic N) is 3. The van der Waals surface area contributed by atoms with Crippen molar-refractivity contribution in [3.05, 3.63) is 36.4 Å². The zero-order valence-electron chi connectivity index (χ0n) is 20.0. The molecule has 2 heterocycles. The lowest BCUT2D eigenvalue weighted by Gasteiger charge is -2.32. The minimum atomic E-state index is -5.17. The van der Waals surface area contributed by atoms with Crippen molar-refractivity contribution < 1.29 is 27.6 Å². The number of nitriles is 1. The van der Waals surface area contributed by atoms with Crippen molar-refractivity contribution in [2.24, 2.45) is 11.3 Å². The Hall–Kier alpha value is -3.75. The highest BCUT2D eigenvalue weighted by Gasteiger charge is 2.44. The number of nitrogens with one attached hydrogen (secondary N) is 3. The zero-order chi connectivity index (χ0) is 26.7. The van der Waals surface area contributed by atoms with Crippen molar-refractivity contribution in [3.8, 4) is 6.07 Å². The molecule has 1 fully saturated rings. The number of carbonyl (C=O) groups excluding carboxylic acids is 3. The standard InChI is InChI=1S/C24H27F3N6O3/c1-23(2,3)19(33-22(36)24(25,26)27)21(35)31-17(8-13-4-5-13)20(34)32-18(9-28)16-12-30-11-14-10-29-7-6-15(14)16/h6-7,10-13,17-19H,4-5,8H2,1-3H3,(H,31,35)(H,32,34)(H,33,36). The highest BCUT2D eigenvalue weighted by atomic mass is 19.4. The summed E-state index contributed by atoms with van der Waals surface area (Å²) in [6.07, 6.45) is 2.89. The van der Waals surface area contributed by atoms with E-state index in [1.54, 1.807) is 30.0 Å². The minimum Gasteiger partial charge on any atom is -0.342 e. The van der Waals surface area contributed by atoms with Gasteiger partial charge in [0, 0.05) is 35.7 Å². The fourth-order valence-corrected chi connectivity index (χ4v) is 3.75. The number of pyridine rings is 2. The quantitative estimate of drug-likeness (QED) is 0.506. The van der Waals surface area contributed by atoms with E-state index in [0.29, 0.717) is 16.3 Å². The molecule has 2 aromatic rings. The third kappa shape index (κ3) is 6.68. The van der Waals surface area contributed by atoms with E-state index in [9.17, 15) is 32.8 Å². The maximum Gasteiger partial charge on any atom is 0.471 e. The molecule has 3 N–H and O–H groups in total. The van der Waals surface area contributed by atoms with E-state index in [4.69, 9.17) is 0 Å². The second-order valence-electron chi connectivity index (χ2n) is 9.91. The lowest BCUT2D eigenvalue weighted by Crippen LogP contribution is -2.59. The molecule has 0 saturated heterocycles. The van der Waals surface area contributed by atoms with Gasteiger partial charge in [0.25, 0.3) is 0 Å². The lowest BCUT2D eigenvalue weighted by molar-refractivity contribution is -0.175. The minimum absolute atomic E-state index is 0.157. The molecule has 12 heteroatoms. The molecule has 0 aliphatic heterocycles. The summed E-state index contributed by atoms with van der Waals surface area (Å²) in [5, 5.41) is 17.9. The average Bonchev–Trinajstić information content (AvgIpc) is 3.62. The van der Waals surface area contributed by atoms with E-state index in [1.807, 2.05) is 6.07 Å². The van der Waals surface area contributed by atoms with Crippen LogP contribution in [-0.4, -0.2) is 45.9 Å². The monoisotopic (exact) mass is 504 g/mol. The third-order valence-corrected chi connectivity index (χ3v) is 5.88. The van der Waals surface area contributed by atoms with Crippen LogP contribution in [0.15, 0.2) is 30.9 Å². The molecule has 192 valence electrons. The van der Waals surface area contributed by atoms with Gasteiger partial charge in [-0.25, -0.2) is 0 Å². The zero-order valence-corrected chi connectivity index (χ0v) is 20.0. The highest BCUT2D eigenvalue weighted by Crippen LogP contribution is 2.34. The number of fused-ring (bicyclic) bond motifs is 1. The van der Waals surface area contributed by atoms with E-state index in [-0.39, 0.29) is 12.3 Å². The van der Waals surface area contributed by atoms with Crippen LogP contribution in [0.1, 0.15) is 51.6 Å². The van der Waals surface area contributed by atoms with Gasteiger partial charge in [-0.15, -0.1) is 0 Å². The average molecular weight is 505 g/mol. The first-order chi connectivity index (χ1) is 16.8. The van der Waals surface area contributed by atoms with Gasteiger partial charge in [0.15, 0.2) is 0 Å². The van der Waals surface area contributed by atoms with Crippen molar-refractivity contribution in [1.29, 1.82) is 5.26 Å². The largest absolute Gasteiger partial charge is 0.471 e. The fourth-order valence-electron chi connectivity index (χ4n) is 3.75. The number of hydrogen-bond donors (Lipinski definition) is 3. The summed E-state index contributed by atoms with van der Waals surface area (Å²) in [6, 6.07) is -0.0597. The first-order valence-electron chi connectivity index (χ1n) is 11.4. The summed E-state index contributed by atoms with van der Waals surface area (Å²) in [5.74, 6) is -3.68. The van der Waals surface area contributed by atoms with Crippen LogP contribution < -0.4 is 16.0 Å². The molecule has 1 saturated carbocycles. The summed E-state index contributed by atoms with van der Waals surface area (Å²) < 4.78 is 38.5. The number of alkyl halides is 3. The molecule has 2 aromatic heterocycles. The van der Waals surface area contributed by atoms with Gasteiger partial charge in [0.2, 0.25) is 11.8 Å². The van der Waals surface area contributed by atoms with Gasteiger partial charge in [-0.05, 0) is 29.2 Å². The first-order valence-corrected chi connectivity index (χ1v) is 11.4. The number of halogens is 3. The van der Waals surface area contributed by atoms with Gasteiger partial charge in [0.05, 0.1) is 6.07 Å². The smallest absolute Gasteiger partial charge is 0.342 e. The molecule has 0 spiro atoms. The summed E-state index contributed by atoms with van der Waals surface area (Å²) in [7, 11) is 0. The Morgan fingerprint density at radius 3 is 2.31 bits per heavy atom. The van der Waals surface area contributed by atoms with Gasteiger partial charge < -0.3 is 16.0 Å². The Kier molecular flexibility index (Phi) is 7.81. The van der Waals surface area contributed by atoms with Crippen LogP contribution in [0.5, 0.6) is 0 Å². The van der Waals surface area contributed by atoms with E-state index >= 15 is 0 Å². The van der Waals surface area contributed by atoms with E-state index < -0.39 is 47.4 Å². The number of rotatable bonds is 8. The van der Waals surface area contributed by atoms with Crippen molar-refractivity contribution in [3.63, 3.8) is 0 Å². The van der Waals surface area contributed by atoms with E-state index in [2.05, 4.69) is 20.6 Å². The molecule has 0 aromatic carbocycles. The van der Waals surface area contributed by atoms with Crippen LogP contribution in [0, 0.1) is 22.7 Å². The van der Waals surface area contributed by atoms with Crippen LogP contribution in [0.25, 0.3) is 10.8 Å². The Morgan fingerprint density at radius 1 is 1.06 bits per heavy atom. The summed E-state index contributed by atoms with van der Waals surface area (Å²) in [5.41, 5.74) is -0.643. The Morgan fingerprint density at radius 2 is 1.72 bits per heavy atom. The summed E-state index contributed by atoms with van der Waals surface area (Å²) in [4.78, 5) is 45.9. The van der Waals surface area contributed by atoms with Crippen LogP contribution in [0.2, 0.25) is 0 Å². The molecule has 3 unspecified atom stereocenters. The van der Waals surface area contributed by atoms with Gasteiger partial charge in [-0.2, -0.15) is 18.4 Å². The Labute approximate surface area is 205 Å². The van der Waals surface area contributed by atoms with Crippen molar-refractivity contribution >= 4 is 28.5 Å². The predicted molar refractivity (Wildman–Crippen MR) is 123 cm³/mol. The number of carbonyl (C=O) groups is 3. The molecular weight excluding hydrogens is 477 g/mol. The Bertz CT molecular complexity index is 1180. The summed E-state index contributed by atoms with van der Waals surface area (Å²) in [6.45, 7) is 4.49. The number of hydrogen-bond acceptors (Lipinski definition) is 6. The van der Waals surface area contributed by atoms with Crippen LogP contribution in [-0.2, 0) is 14.4 Å². The predicted octanol–water partition coefficient (Wildman–Crippen LogP) is 2.69. The topological polar surface area (TPSA) is 137 Å². The molecule has 1 aliphatic carbocycles. The maximum atomic E-state index is 13.2. The molecule has 3 rings (SSSR count). The molecule has 0 radical (unpaired) electrons. The maximum absolute atomic E-state index is 13.2. The van der Waals surface area contributed by atoms with Crippen molar-refractivity contribution in [1.82, 2.24) is 25.9 Å². The highest BCUT2D eigenvalue weighted by molar-refractivity contribution is 5.94. The van der Waals surface area contributed by atoms with Gasteiger partial charge in [0.1, 0.15) is 18.1 Å². The molecular formula is C24H27F3N6O3. The van der Waals surface area contributed by atoms with Gasteiger partial charge in [-0.3, -0.25) is 24.4 Å². The fraction of sp³-hybridized carbons (Fsp3) is 0.500. The summed E-state index contributed by atoms with van der Waals surface area (Å²) >= 11 is 0. The molecule has 36 heavy (non-hydrogen) atoms. The van der Waals surface area contributed by atoms with Crippen molar-refractivity contribution in [2.45, 2.75) is 64.3 Å². The van der Waals surface area contributed by atoms with E-state index in [1.165, 1.54) is 27.0 Å². The Balaban J connectivity index is 1.81.